The maximum Gasteiger partial charge on any atom is 0.138 e. The van der Waals surface area contributed by atoms with Crippen LogP contribution in [0, 0.1) is 13.8 Å². The molecule has 0 bridgehead atoms. The molecular formula is C14H17ClN2O. The summed E-state index contributed by atoms with van der Waals surface area (Å²) in [6.07, 6.45) is 0. The van der Waals surface area contributed by atoms with Crippen LogP contribution in [0.1, 0.15) is 35.5 Å². The Bertz CT molecular complexity index is 517. The fourth-order valence-electron chi connectivity index (χ4n) is 2.13. The van der Waals surface area contributed by atoms with Crippen LogP contribution in [0.3, 0.4) is 0 Å². The van der Waals surface area contributed by atoms with Crippen molar-refractivity contribution in [3.05, 3.63) is 51.9 Å². The Morgan fingerprint density at radius 1 is 1.39 bits per heavy atom. The summed E-state index contributed by atoms with van der Waals surface area (Å²) in [6.45, 7) is 6.78. The first kappa shape index (κ1) is 13.1. The first-order valence-corrected chi connectivity index (χ1v) is 6.36. The molecule has 1 N–H and O–H groups in total. The van der Waals surface area contributed by atoms with Gasteiger partial charge in [0.25, 0.3) is 0 Å². The van der Waals surface area contributed by atoms with Crippen molar-refractivity contribution in [3.8, 4) is 0 Å². The van der Waals surface area contributed by atoms with Crippen LogP contribution in [-0.4, -0.2) is 5.16 Å². The van der Waals surface area contributed by atoms with Gasteiger partial charge < -0.3 is 9.84 Å². The lowest BCUT2D eigenvalue weighted by atomic mass is 10.1. The van der Waals surface area contributed by atoms with E-state index in [-0.39, 0.29) is 6.04 Å². The predicted molar refractivity (Wildman–Crippen MR) is 72.7 cm³/mol. The Kier molecular flexibility index (Phi) is 4.04. The number of aromatic nitrogens is 1. The summed E-state index contributed by atoms with van der Waals surface area (Å²) in [4.78, 5) is 0. The van der Waals surface area contributed by atoms with E-state index in [1.807, 2.05) is 32.0 Å². The topological polar surface area (TPSA) is 38.1 Å². The van der Waals surface area contributed by atoms with Crippen molar-refractivity contribution in [2.75, 3.05) is 0 Å². The first-order valence-electron chi connectivity index (χ1n) is 5.98. The summed E-state index contributed by atoms with van der Waals surface area (Å²) < 4.78 is 5.18. The number of halogens is 1. The number of benzene rings is 1. The molecule has 96 valence electrons. The van der Waals surface area contributed by atoms with Crippen molar-refractivity contribution < 1.29 is 4.52 Å². The molecule has 2 aromatic rings. The second-order valence-electron chi connectivity index (χ2n) is 4.47. The molecule has 1 unspecified atom stereocenters. The Morgan fingerprint density at radius 2 is 2.17 bits per heavy atom. The normalized spacial score (nSPS) is 12.7. The number of hydrogen-bond acceptors (Lipinski definition) is 3. The minimum atomic E-state index is 0.204. The lowest BCUT2D eigenvalue weighted by Crippen LogP contribution is -2.19. The van der Waals surface area contributed by atoms with Gasteiger partial charge in [-0.15, -0.1) is 0 Å². The molecule has 0 amide bonds. The summed E-state index contributed by atoms with van der Waals surface area (Å²) in [5.74, 6) is 0.874. The third kappa shape index (κ3) is 2.92. The van der Waals surface area contributed by atoms with Crippen LogP contribution in [0.25, 0.3) is 0 Å². The molecule has 0 aliphatic rings. The molecule has 18 heavy (non-hydrogen) atoms. The van der Waals surface area contributed by atoms with E-state index in [0.717, 1.165) is 28.6 Å². The lowest BCUT2D eigenvalue weighted by Gasteiger charge is -2.13. The van der Waals surface area contributed by atoms with E-state index in [0.29, 0.717) is 0 Å². The molecule has 4 heteroatoms. The second kappa shape index (κ2) is 5.55. The molecule has 2 rings (SSSR count). The van der Waals surface area contributed by atoms with E-state index in [4.69, 9.17) is 16.1 Å². The van der Waals surface area contributed by atoms with Gasteiger partial charge in [-0.1, -0.05) is 28.9 Å². The van der Waals surface area contributed by atoms with Gasteiger partial charge in [0.2, 0.25) is 0 Å². The van der Waals surface area contributed by atoms with Crippen LogP contribution in [0.5, 0.6) is 0 Å². The number of hydrogen-bond donors (Lipinski definition) is 1. The van der Waals surface area contributed by atoms with Crippen LogP contribution in [-0.2, 0) is 6.54 Å². The largest absolute Gasteiger partial charge is 0.361 e. The van der Waals surface area contributed by atoms with Gasteiger partial charge in [0, 0.05) is 23.2 Å². The number of aryl methyl sites for hydroxylation is 2. The molecule has 0 radical (unpaired) electrons. The molecular weight excluding hydrogens is 248 g/mol. The Morgan fingerprint density at radius 3 is 2.78 bits per heavy atom. The Hall–Kier alpha value is -1.32. The highest BCUT2D eigenvalue weighted by molar-refractivity contribution is 6.30. The van der Waals surface area contributed by atoms with Crippen molar-refractivity contribution in [2.45, 2.75) is 33.4 Å². The molecule has 0 spiro atoms. The zero-order valence-electron chi connectivity index (χ0n) is 10.8. The van der Waals surface area contributed by atoms with Gasteiger partial charge in [0.15, 0.2) is 0 Å². The van der Waals surface area contributed by atoms with Crippen LogP contribution in [0.2, 0.25) is 5.02 Å². The van der Waals surface area contributed by atoms with Gasteiger partial charge in [0.05, 0.1) is 5.69 Å². The molecule has 0 saturated heterocycles. The molecule has 0 aliphatic heterocycles. The number of nitrogens with zero attached hydrogens (tertiary/aromatic N) is 1. The summed E-state index contributed by atoms with van der Waals surface area (Å²) in [5.41, 5.74) is 3.25. The average molecular weight is 265 g/mol. The van der Waals surface area contributed by atoms with Crippen molar-refractivity contribution in [2.24, 2.45) is 0 Å². The van der Waals surface area contributed by atoms with E-state index in [1.54, 1.807) is 0 Å². The third-order valence-electron chi connectivity index (χ3n) is 3.02. The predicted octanol–water partition coefficient (Wildman–Crippen LogP) is 3.80. The van der Waals surface area contributed by atoms with E-state index in [1.165, 1.54) is 5.56 Å². The average Bonchev–Trinajstić information content (AvgIpc) is 2.66. The lowest BCUT2D eigenvalue weighted by molar-refractivity contribution is 0.390. The maximum absolute atomic E-state index is 5.96. The van der Waals surface area contributed by atoms with E-state index < -0.39 is 0 Å². The quantitative estimate of drug-likeness (QED) is 0.913. The highest BCUT2D eigenvalue weighted by atomic mass is 35.5. The zero-order valence-corrected chi connectivity index (χ0v) is 11.6. The minimum absolute atomic E-state index is 0.204. The zero-order chi connectivity index (χ0) is 13.1. The highest BCUT2D eigenvalue weighted by Crippen LogP contribution is 2.21. The molecule has 1 heterocycles. The van der Waals surface area contributed by atoms with Crippen molar-refractivity contribution in [3.63, 3.8) is 0 Å². The number of rotatable bonds is 4. The molecule has 0 saturated carbocycles. The smallest absolute Gasteiger partial charge is 0.138 e. The summed E-state index contributed by atoms with van der Waals surface area (Å²) >= 11 is 5.96. The van der Waals surface area contributed by atoms with Crippen LogP contribution in [0.4, 0.5) is 0 Å². The molecule has 3 nitrogen and oxygen atoms in total. The number of nitrogens with one attached hydrogen (secondary N) is 1. The monoisotopic (exact) mass is 264 g/mol. The summed E-state index contributed by atoms with van der Waals surface area (Å²) in [5, 5.41) is 8.19. The van der Waals surface area contributed by atoms with E-state index >= 15 is 0 Å². The standard InChI is InChI=1S/C14H17ClN2O/c1-9(14-10(2)17-18-11(14)3)16-8-12-5-4-6-13(15)7-12/h4-7,9,16H,8H2,1-3H3. The van der Waals surface area contributed by atoms with Crippen LogP contribution < -0.4 is 5.32 Å². The highest BCUT2D eigenvalue weighted by Gasteiger charge is 2.15. The fraction of sp³-hybridized carbons (Fsp3) is 0.357. The molecule has 1 aromatic carbocycles. The van der Waals surface area contributed by atoms with Gasteiger partial charge in [-0.05, 0) is 38.5 Å². The third-order valence-corrected chi connectivity index (χ3v) is 3.26. The molecule has 0 aliphatic carbocycles. The minimum Gasteiger partial charge on any atom is -0.361 e. The molecule has 1 aromatic heterocycles. The Balaban J connectivity index is 2.03. The van der Waals surface area contributed by atoms with Gasteiger partial charge in [-0.3, -0.25) is 0 Å². The summed E-state index contributed by atoms with van der Waals surface area (Å²) in [7, 11) is 0. The SMILES string of the molecule is Cc1noc(C)c1C(C)NCc1cccc(Cl)c1. The van der Waals surface area contributed by atoms with Crippen molar-refractivity contribution in [1.82, 2.24) is 10.5 Å². The maximum atomic E-state index is 5.96. The van der Waals surface area contributed by atoms with E-state index in [2.05, 4.69) is 23.5 Å². The van der Waals surface area contributed by atoms with Gasteiger partial charge in [-0.2, -0.15) is 0 Å². The van der Waals surface area contributed by atoms with Gasteiger partial charge in [-0.25, -0.2) is 0 Å². The first-order chi connectivity index (χ1) is 8.58. The fourth-order valence-corrected chi connectivity index (χ4v) is 2.34. The van der Waals surface area contributed by atoms with Gasteiger partial charge in [0.1, 0.15) is 5.76 Å². The molecule has 0 fully saturated rings. The summed E-state index contributed by atoms with van der Waals surface area (Å²) in [6, 6.07) is 8.06. The van der Waals surface area contributed by atoms with Crippen molar-refractivity contribution >= 4 is 11.6 Å². The van der Waals surface area contributed by atoms with E-state index in [9.17, 15) is 0 Å². The molecule has 1 atom stereocenters. The van der Waals surface area contributed by atoms with Crippen molar-refractivity contribution in [1.29, 1.82) is 0 Å². The second-order valence-corrected chi connectivity index (χ2v) is 4.91. The van der Waals surface area contributed by atoms with Crippen LogP contribution in [0.15, 0.2) is 28.8 Å². The Labute approximate surface area is 112 Å². The van der Waals surface area contributed by atoms with Gasteiger partial charge >= 0.3 is 0 Å². The van der Waals surface area contributed by atoms with Crippen LogP contribution >= 0.6 is 11.6 Å².